The summed E-state index contributed by atoms with van der Waals surface area (Å²) in [6, 6.07) is 1.06. The average Bonchev–Trinajstić information content (AvgIpc) is 2.78. The van der Waals surface area contributed by atoms with Gasteiger partial charge in [0.2, 0.25) is 10.0 Å². The van der Waals surface area contributed by atoms with Gasteiger partial charge in [0.05, 0.1) is 23.6 Å². The number of nitrogens with zero attached hydrogens (tertiary/aromatic N) is 3. The van der Waals surface area contributed by atoms with Crippen molar-refractivity contribution < 1.29 is 22.7 Å². The molecule has 9 heteroatoms. The molecule has 1 aromatic rings. The van der Waals surface area contributed by atoms with Crippen molar-refractivity contribution in [1.82, 2.24) is 14.2 Å². The first-order valence-corrected chi connectivity index (χ1v) is 8.29. The van der Waals surface area contributed by atoms with Crippen LogP contribution in [-0.4, -0.2) is 72.7 Å². The molecule has 1 N–H and O–H groups in total. The van der Waals surface area contributed by atoms with E-state index in [4.69, 9.17) is 0 Å². The minimum absolute atomic E-state index is 0.0168. The highest BCUT2D eigenvalue weighted by Crippen LogP contribution is 2.21. The van der Waals surface area contributed by atoms with Gasteiger partial charge in [0.15, 0.2) is 0 Å². The molecular formula is C13H18FN3O4S. The SMILES string of the molecule is CN(C)S(=O)(=O)C[C@@H]1CN(C(=O)c2cncc(F)c2)C[C@H]1O. The molecule has 0 unspecified atom stereocenters. The zero-order chi connectivity index (χ0) is 16.5. The number of carbonyl (C=O) groups is 1. The topological polar surface area (TPSA) is 90.8 Å². The van der Waals surface area contributed by atoms with E-state index in [9.17, 15) is 22.7 Å². The summed E-state index contributed by atoms with van der Waals surface area (Å²) in [5.74, 6) is -1.92. The molecule has 22 heavy (non-hydrogen) atoms. The molecule has 0 radical (unpaired) electrons. The summed E-state index contributed by atoms with van der Waals surface area (Å²) in [4.78, 5) is 17.2. The number of hydrogen-bond donors (Lipinski definition) is 1. The van der Waals surface area contributed by atoms with Gasteiger partial charge in [-0.1, -0.05) is 0 Å². The van der Waals surface area contributed by atoms with Crippen LogP contribution in [0.4, 0.5) is 4.39 Å². The maximum Gasteiger partial charge on any atom is 0.255 e. The molecule has 0 spiro atoms. The van der Waals surface area contributed by atoms with Crippen molar-refractivity contribution in [2.45, 2.75) is 6.10 Å². The van der Waals surface area contributed by atoms with Crippen molar-refractivity contribution in [2.75, 3.05) is 32.9 Å². The van der Waals surface area contributed by atoms with Crippen LogP contribution in [0.2, 0.25) is 0 Å². The highest BCUT2D eigenvalue weighted by molar-refractivity contribution is 7.89. The Morgan fingerprint density at radius 2 is 2.14 bits per heavy atom. The highest BCUT2D eigenvalue weighted by atomic mass is 32.2. The van der Waals surface area contributed by atoms with Crippen LogP contribution in [0.15, 0.2) is 18.5 Å². The second-order valence-electron chi connectivity index (χ2n) is 5.49. The average molecular weight is 331 g/mol. The van der Waals surface area contributed by atoms with Crippen molar-refractivity contribution in [2.24, 2.45) is 5.92 Å². The van der Waals surface area contributed by atoms with E-state index in [-0.39, 0.29) is 24.4 Å². The van der Waals surface area contributed by atoms with Gasteiger partial charge < -0.3 is 10.0 Å². The predicted octanol–water partition coefficient (Wildman–Crippen LogP) is -0.455. The van der Waals surface area contributed by atoms with Gasteiger partial charge >= 0.3 is 0 Å². The van der Waals surface area contributed by atoms with E-state index in [0.717, 1.165) is 16.6 Å². The first kappa shape index (κ1) is 16.8. The number of carbonyl (C=O) groups excluding carboxylic acids is 1. The lowest BCUT2D eigenvalue weighted by atomic mass is 10.1. The first-order valence-electron chi connectivity index (χ1n) is 6.69. The van der Waals surface area contributed by atoms with E-state index in [1.807, 2.05) is 0 Å². The van der Waals surface area contributed by atoms with Crippen molar-refractivity contribution in [1.29, 1.82) is 0 Å². The second kappa shape index (κ2) is 6.27. The molecule has 2 heterocycles. The van der Waals surface area contributed by atoms with E-state index < -0.39 is 33.8 Å². The molecule has 1 amide bonds. The number of rotatable bonds is 4. The van der Waals surface area contributed by atoms with Crippen LogP contribution in [0.5, 0.6) is 0 Å². The van der Waals surface area contributed by atoms with Gasteiger partial charge in [-0.2, -0.15) is 0 Å². The van der Waals surface area contributed by atoms with Gasteiger partial charge in [-0.05, 0) is 6.07 Å². The molecule has 7 nitrogen and oxygen atoms in total. The molecule has 0 aromatic carbocycles. The van der Waals surface area contributed by atoms with Gasteiger partial charge in [0.1, 0.15) is 5.82 Å². The third kappa shape index (κ3) is 3.60. The Labute approximate surface area is 128 Å². The van der Waals surface area contributed by atoms with E-state index in [2.05, 4.69) is 4.98 Å². The molecule has 1 aliphatic heterocycles. The van der Waals surface area contributed by atoms with Gasteiger partial charge in [0, 0.05) is 39.3 Å². The van der Waals surface area contributed by atoms with Crippen LogP contribution < -0.4 is 0 Å². The van der Waals surface area contributed by atoms with Crippen LogP contribution in [0.25, 0.3) is 0 Å². The lowest BCUT2D eigenvalue weighted by molar-refractivity contribution is 0.0764. The molecule has 2 rings (SSSR count). The highest BCUT2D eigenvalue weighted by Gasteiger charge is 2.37. The molecule has 1 fully saturated rings. The summed E-state index contributed by atoms with van der Waals surface area (Å²) in [7, 11) is -0.643. The summed E-state index contributed by atoms with van der Waals surface area (Å²) in [6.45, 7) is 0.118. The Bertz CT molecular complexity index is 665. The van der Waals surface area contributed by atoms with E-state index in [1.165, 1.54) is 25.2 Å². The predicted molar refractivity (Wildman–Crippen MR) is 77.1 cm³/mol. The van der Waals surface area contributed by atoms with Crippen LogP contribution in [0.1, 0.15) is 10.4 Å². The van der Waals surface area contributed by atoms with Crippen LogP contribution in [0.3, 0.4) is 0 Å². The molecule has 0 saturated carbocycles. The minimum Gasteiger partial charge on any atom is -0.391 e. The number of hydrogen-bond acceptors (Lipinski definition) is 5. The van der Waals surface area contributed by atoms with Crippen molar-refractivity contribution in [3.63, 3.8) is 0 Å². The summed E-state index contributed by atoms with van der Waals surface area (Å²) >= 11 is 0. The fourth-order valence-electron chi connectivity index (χ4n) is 2.31. The molecule has 1 aromatic heterocycles. The summed E-state index contributed by atoms with van der Waals surface area (Å²) < 4.78 is 37.9. The number of aliphatic hydroxyl groups is 1. The lowest BCUT2D eigenvalue weighted by Gasteiger charge is -2.18. The summed E-state index contributed by atoms with van der Waals surface area (Å²) in [6.07, 6.45) is 1.30. The number of amides is 1. The number of likely N-dealkylation sites (tertiary alicyclic amines) is 1. The maximum absolute atomic E-state index is 13.1. The van der Waals surface area contributed by atoms with Crippen molar-refractivity contribution >= 4 is 15.9 Å². The first-order chi connectivity index (χ1) is 10.2. The fraction of sp³-hybridized carbons (Fsp3) is 0.538. The Morgan fingerprint density at radius 3 is 2.73 bits per heavy atom. The molecule has 122 valence electrons. The largest absolute Gasteiger partial charge is 0.391 e. The van der Waals surface area contributed by atoms with Gasteiger partial charge in [-0.3, -0.25) is 9.78 Å². The summed E-state index contributed by atoms with van der Waals surface area (Å²) in [5.41, 5.74) is 0.0725. The maximum atomic E-state index is 13.1. The third-order valence-corrected chi connectivity index (χ3v) is 5.59. The van der Waals surface area contributed by atoms with E-state index in [1.54, 1.807) is 0 Å². The number of halogens is 1. The van der Waals surface area contributed by atoms with Gasteiger partial charge in [-0.25, -0.2) is 17.1 Å². The number of β-amino-alcohol motifs (C(OH)–C–C–N with tert-alkyl or cyclic N) is 1. The Hall–Kier alpha value is -1.58. The lowest BCUT2D eigenvalue weighted by Crippen LogP contribution is -2.33. The number of pyridine rings is 1. The fourth-order valence-corrected chi connectivity index (χ4v) is 3.48. The molecule has 0 bridgehead atoms. The summed E-state index contributed by atoms with van der Waals surface area (Å²) in [5, 5.41) is 9.99. The smallest absolute Gasteiger partial charge is 0.255 e. The number of sulfonamides is 1. The number of aliphatic hydroxyl groups excluding tert-OH is 1. The zero-order valence-corrected chi connectivity index (χ0v) is 13.1. The van der Waals surface area contributed by atoms with Crippen molar-refractivity contribution in [3.05, 3.63) is 29.8 Å². The van der Waals surface area contributed by atoms with Crippen LogP contribution >= 0.6 is 0 Å². The molecule has 1 saturated heterocycles. The Balaban J connectivity index is 2.09. The van der Waals surface area contributed by atoms with E-state index >= 15 is 0 Å². The van der Waals surface area contributed by atoms with Gasteiger partial charge in [0.25, 0.3) is 5.91 Å². The quantitative estimate of drug-likeness (QED) is 0.807. The second-order valence-corrected chi connectivity index (χ2v) is 7.72. The third-order valence-electron chi connectivity index (χ3n) is 3.63. The molecule has 2 atom stereocenters. The molecule has 1 aliphatic rings. The Kier molecular flexibility index (Phi) is 4.78. The van der Waals surface area contributed by atoms with E-state index in [0.29, 0.717) is 0 Å². The monoisotopic (exact) mass is 331 g/mol. The normalized spacial score (nSPS) is 22.3. The standard InChI is InChI=1S/C13H18FN3O4S/c1-16(2)22(20,21)8-10-6-17(7-12(10)18)13(19)9-3-11(14)5-15-4-9/h3-5,10,12,18H,6-8H2,1-2H3/t10-,12+/m0/s1. The molecular weight excluding hydrogens is 313 g/mol. The van der Waals surface area contributed by atoms with Crippen LogP contribution in [-0.2, 0) is 10.0 Å². The minimum atomic E-state index is -3.47. The Morgan fingerprint density at radius 1 is 1.45 bits per heavy atom. The van der Waals surface area contributed by atoms with Crippen LogP contribution in [0, 0.1) is 11.7 Å². The van der Waals surface area contributed by atoms with Gasteiger partial charge in [-0.15, -0.1) is 0 Å². The molecule has 0 aliphatic carbocycles. The van der Waals surface area contributed by atoms with Crippen molar-refractivity contribution in [3.8, 4) is 0 Å². The number of aromatic nitrogens is 1. The zero-order valence-electron chi connectivity index (χ0n) is 12.3.